The van der Waals surface area contributed by atoms with E-state index < -0.39 is 17.0 Å². The number of hydrogen-bond donors (Lipinski definition) is 1. The lowest BCUT2D eigenvalue weighted by Gasteiger charge is -2.39. The molecule has 0 spiro atoms. The zero-order valence-electron chi connectivity index (χ0n) is 10.5. The van der Waals surface area contributed by atoms with Crippen molar-refractivity contribution >= 4 is 5.91 Å². The van der Waals surface area contributed by atoms with Crippen molar-refractivity contribution in [3.63, 3.8) is 0 Å². The Bertz CT molecular complexity index is 545. The molecule has 3 nitrogen and oxygen atoms in total. The van der Waals surface area contributed by atoms with Crippen molar-refractivity contribution in [3.05, 3.63) is 35.4 Å². The van der Waals surface area contributed by atoms with E-state index in [1.54, 1.807) is 0 Å². The molecule has 19 heavy (non-hydrogen) atoms. The van der Waals surface area contributed by atoms with E-state index in [0.717, 1.165) is 12.1 Å². The lowest BCUT2D eigenvalue weighted by atomic mass is 9.63. The molecule has 5 heteroatoms. The summed E-state index contributed by atoms with van der Waals surface area (Å²) >= 11 is 0. The molecule has 1 aliphatic rings. The molecule has 1 fully saturated rings. The van der Waals surface area contributed by atoms with E-state index in [1.807, 2.05) is 13.0 Å². The zero-order chi connectivity index (χ0) is 14.0. The third-order valence-electron chi connectivity index (χ3n) is 3.50. The molecule has 1 aromatic rings. The van der Waals surface area contributed by atoms with E-state index in [2.05, 4.69) is 5.32 Å². The molecule has 0 heterocycles. The molecular formula is C14H14F2N2O. The Labute approximate surface area is 110 Å². The average molecular weight is 264 g/mol. The second-order valence-corrected chi connectivity index (χ2v) is 5.13. The molecule has 0 unspecified atom stereocenters. The van der Waals surface area contributed by atoms with Gasteiger partial charge in [0.1, 0.15) is 17.0 Å². The maximum Gasteiger partial charge on any atom is 0.240 e. The quantitative estimate of drug-likeness (QED) is 0.912. The van der Waals surface area contributed by atoms with Crippen LogP contribution in [0.5, 0.6) is 0 Å². The molecule has 0 saturated heterocycles. The topological polar surface area (TPSA) is 52.9 Å². The standard InChI is InChI=1S/C14H14F2N2O/c1-9-5-14(6-9,8-17)13(19)18-7-10-2-3-11(15)4-12(10)16/h2-4,9H,5-7H2,1H3,(H,18,19). The van der Waals surface area contributed by atoms with Gasteiger partial charge in [-0.05, 0) is 24.8 Å². The predicted molar refractivity (Wildman–Crippen MR) is 64.6 cm³/mol. The van der Waals surface area contributed by atoms with Gasteiger partial charge in [0.05, 0.1) is 6.07 Å². The Morgan fingerprint density at radius 2 is 2.21 bits per heavy atom. The molecule has 1 aromatic carbocycles. The van der Waals surface area contributed by atoms with Crippen LogP contribution in [-0.4, -0.2) is 5.91 Å². The highest BCUT2D eigenvalue weighted by molar-refractivity contribution is 5.86. The number of hydrogen-bond acceptors (Lipinski definition) is 2. The highest BCUT2D eigenvalue weighted by Gasteiger charge is 2.48. The molecule has 1 saturated carbocycles. The maximum absolute atomic E-state index is 13.4. The molecule has 1 N–H and O–H groups in total. The van der Waals surface area contributed by atoms with Gasteiger partial charge in [0, 0.05) is 18.2 Å². The van der Waals surface area contributed by atoms with Gasteiger partial charge in [-0.15, -0.1) is 0 Å². The highest BCUT2D eigenvalue weighted by atomic mass is 19.1. The van der Waals surface area contributed by atoms with E-state index in [0.29, 0.717) is 18.8 Å². The fourth-order valence-corrected chi connectivity index (χ4v) is 2.47. The van der Waals surface area contributed by atoms with Crippen LogP contribution >= 0.6 is 0 Å². The third-order valence-corrected chi connectivity index (χ3v) is 3.50. The van der Waals surface area contributed by atoms with Crippen molar-refractivity contribution in [1.82, 2.24) is 5.32 Å². The summed E-state index contributed by atoms with van der Waals surface area (Å²) in [5.41, 5.74) is -0.772. The minimum atomic E-state index is -0.976. The first-order chi connectivity index (χ1) is 8.97. The zero-order valence-corrected chi connectivity index (χ0v) is 10.5. The smallest absolute Gasteiger partial charge is 0.240 e. The van der Waals surface area contributed by atoms with Crippen LogP contribution in [0.15, 0.2) is 18.2 Å². The maximum atomic E-state index is 13.4. The number of halogens is 2. The van der Waals surface area contributed by atoms with Crippen LogP contribution in [0.3, 0.4) is 0 Å². The Kier molecular flexibility index (Phi) is 3.52. The first-order valence-corrected chi connectivity index (χ1v) is 6.10. The van der Waals surface area contributed by atoms with Gasteiger partial charge < -0.3 is 5.32 Å². The summed E-state index contributed by atoms with van der Waals surface area (Å²) < 4.78 is 26.1. The number of carbonyl (C=O) groups excluding carboxylic acids is 1. The lowest BCUT2D eigenvalue weighted by molar-refractivity contribution is -0.134. The Morgan fingerprint density at radius 1 is 1.53 bits per heavy atom. The Hall–Kier alpha value is -1.96. The van der Waals surface area contributed by atoms with Crippen LogP contribution < -0.4 is 5.32 Å². The van der Waals surface area contributed by atoms with Crippen molar-refractivity contribution in [2.75, 3.05) is 0 Å². The number of rotatable bonds is 3. The summed E-state index contributed by atoms with van der Waals surface area (Å²) in [6.07, 6.45) is 1.06. The van der Waals surface area contributed by atoms with Crippen LogP contribution in [0.2, 0.25) is 0 Å². The van der Waals surface area contributed by atoms with Gasteiger partial charge >= 0.3 is 0 Å². The van der Waals surface area contributed by atoms with E-state index >= 15 is 0 Å². The third kappa shape index (κ3) is 2.58. The molecule has 2 rings (SSSR count). The van der Waals surface area contributed by atoms with Gasteiger partial charge in [0.25, 0.3) is 0 Å². The van der Waals surface area contributed by atoms with Crippen molar-refractivity contribution in [2.45, 2.75) is 26.3 Å². The second kappa shape index (κ2) is 4.96. The highest BCUT2D eigenvalue weighted by Crippen LogP contribution is 2.45. The first-order valence-electron chi connectivity index (χ1n) is 6.10. The largest absolute Gasteiger partial charge is 0.351 e. The number of amides is 1. The summed E-state index contributed by atoms with van der Waals surface area (Å²) in [7, 11) is 0. The van der Waals surface area contributed by atoms with Gasteiger partial charge in [0.15, 0.2) is 0 Å². The van der Waals surface area contributed by atoms with Crippen LogP contribution in [0.4, 0.5) is 8.78 Å². The predicted octanol–water partition coefficient (Wildman–Crippen LogP) is 2.52. The van der Waals surface area contributed by atoms with Crippen molar-refractivity contribution < 1.29 is 13.6 Å². The monoisotopic (exact) mass is 264 g/mol. The Balaban J connectivity index is 1.99. The molecule has 1 amide bonds. The lowest BCUT2D eigenvalue weighted by Crippen LogP contribution is -2.47. The van der Waals surface area contributed by atoms with Crippen molar-refractivity contribution in [2.24, 2.45) is 11.3 Å². The van der Waals surface area contributed by atoms with E-state index in [-0.39, 0.29) is 18.0 Å². The molecule has 1 aliphatic carbocycles. The van der Waals surface area contributed by atoms with Gasteiger partial charge in [-0.25, -0.2) is 8.78 Å². The number of nitrogens with zero attached hydrogens (tertiary/aromatic N) is 1. The Morgan fingerprint density at radius 3 is 2.74 bits per heavy atom. The molecule has 0 aromatic heterocycles. The summed E-state index contributed by atoms with van der Waals surface area (Å²) in [6.45, 7) is 1.94. The van der Waals surface area contributed by atoms with Crippen LogP contribution in [0, 0.1) is 34.3 Å². The van der Waals surface area contributed by atoms with Crippen molar-refractivity contribution in [1.29, 1.82) is 5.26 Å². The second-order valence-electron chi connectivity index (χ2n) is 5.13. The number of nitrogens with one attached hydrogen (secondary N) is 1. The normalized spacial score (nSPS) is 25.3. The molecule has 100 valence electrons. The molecule has 0 aliphatic heterocycles. The first kappa shape index (κ1) is 13.5. The average Bonchev–Trinajstić information content (AvgIpc) is 2.33. The van der Waals surface area contributed by atoms with Crippen LogP contribution in [0.1, 0.15) is 25.3 Å². The molecule has 0 bridgehead atoms. The summed E-state index contributed by atoms with van der Waals surface area (Å²) in [5.74, 6) is -1.38. The number of carbonyl (C=O) groups is 1. The van der Waals surface area contributed by atoms with E-state index in [4.69, 9.17) is 5.26 Å². The fraction of sp³-hybridized carbons (Fsp3) is 0.429. The van der Waals surface area contributed by atoms with E-state index in [1.165, 1.54) is 6.07 Å². The minimum Gasteiger partial charge on any atom is -0.351 e. The van der Waals surface area contributed by atoms with Crippen molar-refractivity contribution in [3.8, 4) is 6.07 Å². The van der Waals surface area contributed by atoms with Crippen LogP contribution in [-0.2, 0) is 11.3 Å². The van der Waals surface area contributed by atoms with Gasteiger partial charge in [0.2, 0.25) is 5.91 Å². The SMILES string of the molecule is CC1CC(C#N)(C(=O)NCc2ccc(F)cc2F)C1. The van der Waals surface area contributed by atoms with Crippen LogP contribution in [0.25, 0.3) is 0 Å². The minimum absolute atomic E-state index is 0.0389. The summed E-state index contributed by atoms with van der Waals surface area (Å²) in [6, 6.07) is 5.23. The summed E-state index contributed by atoms with van der Waals surface area (Å²) in [4.78, 5) is 11.9. The van der Waals surface area contributed by atoms with E-state index in [9.17, 15) is 13.6 Å². The molecular weight excluding hydrogens is 250 g/mol. The van der Waals surface area contributed by atoms with Gasteiger partial charge in [-0.1, -0.05) is 13.0 Å². The van der Waals surface area contributed by atoms with Gasteiger partial charge in [-0.3, -0.25) is 4.79 Å². The fourth-order valence-electron chi connectivity index (χ4n) is 2.47. The number of nitriles is 1. The van der Waals surface area contributed by atoms with Gasteiger partial charge in [-0.2, -0.15) is 5.26 Å². The number of benzene rings is 1. The molecule has 0 atom stereocenters. The summed E-state index contributed by atoms with van der Waals surface area (Å²) in [5, 5.41) is 11.6. The molecule has 0 radical (unpaired) electrons.